The summed E-state index contributed by atoms with van der Waals surface area (Å²) in [5.41, 5.74) is -1.39. The predicted molar refractivity (Wildman–Crippen MR) is 75.9 cm³/mol. The van der Waals surface area contributed by atoms with Gasteiger partial charge in [0, 0.05) is 6.92 Å². The van der Waals surface area contributed by atoms with Crippen molar-refractivity contribution in [2.45, 2.75) is 51.4 Å². The van der Waals surface area contributed by atoms with Crippen LogP contribution in [-0.4, -0.2) is 36.1 Å². The van der Waals surface area contributed by atoms with Gasteiger partial charge in [0.05, 0.1) is 11.7 Å². The lowest BCUT2D eigenvalue weighted by Crippen LogP contribution is -2.48. The fraction of sp³-hybridized carbons (Fsp3) is 0.500. The van der Waals surface area contributed by atoms with Crippen LogP contribution in [0.1, 0.15) is 37.6 Å². The summed E-state index contributed by atoms with van der Waals surface area (Å²) in [5, 5.41) is 0. The van der Waals surface area contributed by atoms with Crippen molar-refractivity contribution in [2.75, 3.05) is 0 Å². The monoisotopic (exact) mass is 310 g/mol. The molecule has 1 aromatic rings. The van der Waals surface area contributed by atoms with Gasteiger partial charge >= 0.3 is 11.9 Å². The summed E-state index contributed by atoms with van der Waals surface area (Å²) in [6.07, 6.45) is -3.28. The fourth-order valence-corrected chi connectivity index (χ4v) is 2.40. The Morgan fingerprint density at radius 1 is 1.32 bits per heavy atom. The van der Waals surface area contributed by atoms with Gasteiger partial charge in [-0.1, -0.05) is 25.1 Å². The molecule has 1 aliphatic rings. The molecule has 0 bridgehead atoms. The Hall–Kier alpha value is -1.95. The third-order valence-corrected chi connectivity index (χ3v) is 3.64. The van der Waals surface area contributed by atoms with Gasteiger partial charge in [-0.15, -0.1) is 0 Å². The Balaban J connectivity index is 2.23. The minimum absolute atomic E-state index is 0.289. The summed E-state index contributed by atoms with van der Waals surface area (Å²) >= 11 is 0. The second kappa shape index (κ2) is 6.44. The first kappa shape index (κ1) is 16.4. The molecule has 22 heavy (non-hydrogen) atoms. The smallest absolute Gasteiger partial charge is 0.339 e. The number of alkyl halides is 1. The second-order valence-corrected chi connectivity index (χ2v) is 5.37. The van der Waals surface area contributed by atoms with E-state index in [0.717, 1.165) is 0 Å². The van der Waals surface area contributed by atoms with Gasteiger partial charge in [-0.25, -0.2) is 9.18 Å². The molecular formula is C16H19FO5. The van der Waals surface area contributed by atoms with Crippen molar-refractivity contribution >= 4 is 11.9 Å². The quantitative estimate of drug-likeness (QED) is 0.800. The lowest BCUT2D eigenvalue weighted by molar-refractivity contribution is -0.203. The molecule has 6 heteroatoms. The molecule has 0 radical (unpaired) electrons. The van der Waals surface area contributed by atoms with Crippen molar-refractivity contribution < 1.29 is 28.2 Å². The second-order valence-electron chi connectivity index (χ2n) is 5.37. The van der Waals surface area contributed by atoms with Crippen LogP contribution >= 0.6 is 0 Å². The molecule has 1 heterocycles. The minimum Gasteiger partial charge on any atom is -0.446 e. The highest BCUT2D eigenvalue weighted by atomic mass is 19.1. The Morgan fingerprint density at radius 2 is 1.95 bits per heavy atom. The molecule has 1 aromatic carbocycles. The maximum atomic E-state index is 14.6. The van der Waals surface area contributed by atoms with Crippen molar-refractivity contribution in [1.82, 2.24) is 0 Å². The zero-order valence-electron chi connectivity index (χ0n) is 12.7. The zero-order valence-corrected chi connectivity index (χ0v) is 12.7. The largest absolute Gasteiger partial charge is 0.446 e. The molecule has 0 aromatic heterocycles. The molecule has 0 saturated carbocycles. The van der Waals surface area contributed by atoms with E-state index in [0.29, 0.717) is 6.42 Å². The van der Waals surface area contributed by atoms with Gasteiger partial charge in [-0.05, 0) is 25.5 Å². The van der Waals surface area contributed by atoms with Gasteiger partial charge in [0.1, 0.15) is 0 Å². The van der Waals surface area contributed by atoms with Crippen LogP contribution in [-0.2, 0) is 19.0 Å². The minimum atomic E-state index is -1.68. The molecule has 1 aliphatic heterocycles. The Kier molecular flexibility index (Phi) is 4.81. The Morgan fingerprint density at radius 3 is 2.50 bits per heavy atom. The van der Waals surface area contributed by atoms with Crippen LogP contribution in [0, 0.1) is 0 Å². The van der Waals surface area contributed by atoms with E-state index in [2.05, 4.69) is 0 Å². The van der Waals surface area contributed by atoms with Gasteiger partial charge in [-0.3, -0.25) is 4.79 Å². The third-order valence-electron chi connectivity index (χ3n) is 3.64. The molecule has 0 amide bonds. The van der Waals surface area contributed by atoms with Crippen LogP contribution in [0.25, 0.3) is 0 Å². The normalized spacial score (nSPS) is 30.8. The Labute approximate surface area is 128 Å². The van der Waals surface area contributed by atoms with Gasteiger partial charge < -0.3 is 14.2 Å². The molecule has 120 valence electrons. The number of rotatable bonds is 4. The van der Waals surface area contributed by atoms with E-state index in [-0.39, 0.29) is 5.56 Å². The topological polar surface area (TPSA) is 61.8 Å². The average molecular weight is 310 g/mol. The van der Waals surface area contributed by atoms with Crippen LogP contribution in [0.15, 0.2) is 30.3 Å². The van der Waals surface area contributed by atoms with Crippen molar-refractivity contribution in [1.29, 1.82) is 0 Å². The predicted octanol–water partition coefficient (Wildman–Crippen LogP) is 2.64. The molecule has 1 unspecified atom stereocenters. The van der Waals surface area contributed by atoms with Crippen molar-refractivity contribution in [3.05, 3.63) is 35.9 Å². The van der Waals surface area contributed by atoms with Crippen LogP contribution in [0.5, 0.6) is 0 Å². The highest BCUT2D eigenvalue weighted by Crippen LogP contribution is 2.39. The van der Waals surface area contributed by atoms with E-state index in [4.69, 9.17) is 14.2 Å². The maximum Gasteiger partial charge on any atom is 0.339 e. The molecule has 0 aliphatic carbocycles. The maximum absolute atomic E-state index is 14.6. The fourth-order valence-electron chi connectivity index (χ4n) is 2.40. The molecule has 4 atom stereocenters. The summed E-state index contributed by atoms with van der Waals surface area (Å²) in [6.45, 7) is 4.31. The highest BCUT2D eigenvalue weighted by Gasteiger charge is 2.59. The van der Waals surface area contributed by atoms with Crippen LogP contribution in [0.2, 0.25) is 0 Å². The van der Waals surface area contributed by atoms with Crippen molar-refractivity contribution in [2.24, 2.45) is 0 Å². The molecule has 1 saturated heterocycles. The summed E-state index contributed by atoms with van der Waals surface area (Å²) in [6, 6.07) is 8.23. The first-order valence-corrected chi connectivity index (χ1v) is 7.13. The number of ether oxygens (including phenoxy) is 3. The van der Waals surface area contributed by atoms with E-state index in [9.17, 15) is 14.0 Å². The van der Waals surface area contributed by atoms with Gasteiger partial charge in [0.2, 0.25) is 11.9 Å². The number of hydrogen-bond donors (Lipinski definition) is 0. The number of hydrogen-bond acceptors (Lipinski definition) is 5. The number of esters is 2. The van der Waals surface area contributed by atoms with E-state index >= 15 is 0 Å². The lowest BCUT2D eigenvalue weighted by Gasteiger charge is -2.30. The molecule has 0 N–H and O–H groups in total. The summed E-state index contributed by atoms with van der Waals surface area (Å²) in [5.74, 6) is -1.32. The van der Waals surface area contributed by atoms with Crippen LogP contribution in [0.4, 0.5) is 4.39 Å². The molecular weight excluding hydrogens is 291 g/mol. The SMILES string of the molecule is CC[C@H]1OC(OC(C)=O)[C@](C)(OC(=O)c2ccccc2)[C@@H]1F. The van der Waals surface area contributed by atoms with E-state index < -0.39 is 36.1 Å². The summed E-state index contributed by atoms with van der Waals surface area (Å²) in [4.78, 5) is 23.4. The molecule has 2 rings (SSSR count). The Bertz CT molecular complexity index is 547. The molecule has 0 spiro atoms. The standard InChI is InChI=1S/C16H19FO5/c1-4-12-13(17)16(3,15(21-12)20-10(2)18)22-14(19)11-8-6-5-7-9-11/h5-9,12-13,15H,4H2,1-3H3/t12-,13-,15?,16-/m1/s1. The average Bonchev–Trinajstić information content (AvgIpc) is 2.72. The number of benzene rings is 1. The van der Waals surface area contributed by atoms with Crippen molar-refractivity contribution in [3.63, 3.8) is 0 Å². The number of carbonyl (C=O) groups is 2. The molecule has 1 fully saturated rings. The highest BCUT2D eigenvalue weighted by molar-refractivity contribution is 5.89. The van der Waals surface area contributed by atoms with Crippen LogP contribution in [0.3, 0.4) is 0 Å². The number of halogens is 1. The van der Waals surface area contributed by atoms with Gasteiger partial charge in [0.25, 0.3) is 0 Å². The lowest BCUT2D eigenvalue weighted by atomic mass is 9.97. The summed E-state index contributed by atoms with van der Waals surface area (Å²) < 4.78 is 30.3. The van der Waals surface area contributed by atoms with Crippen molar-refractivity contribution in [3.8, 4) is 0 Å². The molecule has 5 nitrogen and oxygen atoms in total. The van der Waals surface area contributed by atoms with Gasteiger partial charge in [0.15, 0.2) is 6.17 Å². The number of carbonyl (C=O) groups excluding carboxylic acids is 2. The van der Waals surface area contributed by atoms with Gasteiger partial charge in [-0.2, -0.15) is 0 Å². The summed E-state index contributed by atoms with van der Waals surface area (Å²) in [7, 11) is 0. The third kappa shape index (κ3) is 3.11. The van der Waals surface area contributed by atoms with E-state index in [1.54, 1.807) is 37.3 Å². The van der Waals surface area contributed by atoms with E-state index in [1.807, 2.05) is 0 Å². The zero-order chi connectivity index (χ0) is 16.3. The first-order chi connectivity index (χ1) is 10.4. The first-order valence-electron chi connectivity index (χ1n) is 7.13. The van der Waals surface area contributed by atoms with E-state index in [1.165, 1.54) is 13.8 Å². The van der Waals surface area contributed by atoms with Crippen LogP contribution < -0.4 is 0 Å².